The van der Waals surface area contributed by atoms with E-state index < -0.39 is 30.7 Å². The van der Waals surface area contributed by atoms with Crippen LogP contribution in [0.15, 0.2) is 36.4 Å². The number of nitrogens with two attached hydrogens (primary N) is 2. The maximum absolute atomic E-state index is 12.6. The van der Waals surface area contributed by atoms with E-state index in [1.165, 1.54) is 18.2 Å². The van der Waals surface area contributed by atoms with E-state index >= 15 is 0 Å². The highest BCUT2D eigenvalue weighted by Crippen LogP contribution is 2.24. The van der Waals surface area contributed by atoms with Crippen molar-refractivity contribution in [3.63, 3.8) is 0 Å². The van der Waals surface area contributed by atoms with Gasteiger partial charge in [0.2, 0.25) is 0 Å². The number of carboxylic acid groups (broad SMARTS) is 1. The highest BCUT2D eigenvalue weighted by molar-refractivity contribution is 6.43. The fraction of sp³-hybridized carbons (Fsp3) is 0.222. The summed E-state index contributed by atoms with van der Waals surface area (Å²) >= 11 is 0. The Morgan fingerprint density at radius 1 is 1.07 bits per heavy atom. The second-order valence-corrected chi connectivity index (χ2v) is 6.26. The Morgan fingerprint density at radius 2 is 1.68 bits per heavy atom. The lowest BCUT2D eigenvalue weighted by molar-refractivity contribution is 0.0693. The van der Waals surface area contributed by atoms with Crippen LogP contribution in [0.3, 0.4) is 0 Å². The van der Waals surface area contributed by atoms with E-state index in [9.17, 15) is 24.7 Å². The van der Waals surface area contributed by atoms with Crippen molar-refractivity contribution in [2.45, 2.75) is 25.5 Å². The summed E-state index contributed by atoms with van der Waals surface area (Å²) in [7, 11) is -1.94. The smallest absolute Gasteiger partial charge is 0.475 e. The summed E-state index contributed by atoms with van der Waals surface area (Å²) in [6.07, 6.45) is -0.198. The van der Waals surface area contributed by atoms with Gasteiger partial charge >= 0.3 is 13.1 Å². The molecule has 148 valence electrons. The number of aromatic hydroxyl groups is 1. The normalized spacial score (nSPS) is 11.7. The number of phenols is 1. The first kappa shape index (κ1) is 21.4. The van der Waals surface area contributed by atoms with Gasteiger partial charge in [0.05, 0.1) is 5.94 Å². The molecule has 0 aliphatic heterocycles. The van der Waals surface area contributed by atoms with Crippen LogP contribution >= 0.6 is 0 Å². The topological polar surface area (TPSA) is 179 Å². The summed E-state index contributed by atoms with van der Waals surface area (Å²) in [4.78, 5) is 23.7. The second-order valence-electron chi connectivity index (χ2n) is 6.26. The molecule has 10 heteroatoms. The van der Waals surface area contributed by atoms with E-state index in [1.807, 2.05) is 0 Å². The summed E-state index contributed by atoms with van der Waals surface area (Å²) in [5.41, 5.74) is 12.7. The molecule has 2 rings (SSSR count). The van der Waals surface area contributed by atoms with Gasteiger partial charge in [-0.3, -0.25) is 4.79 Å². The van der Waals surface area contributed by atoms with Gasteiger partial charge in [-0.2, -0.15) is 0 Å². The van der Waals surface area contributed by atoms with E-state index in [0.29, 0.717) is 11.1 Å². The van der Waals surface area contributed by atoms with E-state index in [0.717, 1.165) is 0 Å². The van der Waals surface area contributed by atoms with Crippen LogP contribution in [0.2, 0.25) is 0 Å². The predicted octanol–water partition coefficient (Wildman–Crippen LogP) is -0.639. The third kappa shape index (κ3) is 5.08. The molecule has 28 heavy (non-hydrogen) atoms. The van der Waals surface area contributed by atoms with Gasteiger partial charge < -0.3 is 37.0 Å². The fourth-order valence-corrected chi connectivity index (χ4v) is 2.78. The summed E-state index contributed by atoms with van der Waals surface area (Å²) in [6, 6.07) is 8.97. The van der Waals surface area contributed by atoms with Gasteiger partial charge in [-0.1, -0.05) is 18.2 Å². The number of para-hydroxylation sites is 1. The van der Waals surface area contributed by atoms with Crippen molar-refractivity contribution in [1.29, 1.82) is 0 Å². The van der Waals surface area contributed by atoms with Crippen molar-refractivity contribution in [3.8, 4) is 5.75 Å². The highest BCUT2D eigenvalue weighted by Gasteiger charge is 2.28. The number of carbonyl (C=O) groups is 2. The first-order valence-corrected chi connectivity index (χ1v) is 8.51. The number of carbonyl (C=O) groups excluding carboxylic acids is 1. The Hall–Kier alpha value is -2.92. The maximum Gasteiger partial charge on any atom is 0.475 e. The molecule has 9 N–H and O–H groups in total. The van der Waals surface area contributed by atoms with Gasteiger partial charge in [0.1, 0.15) is 11.3 Å². The molecule has 0 aromatic heterocycles. The number of hydrogen-bond acceptors (Lipinski definition) is 7. The molecule has 0 aliphatic rings. The number of rotatable bonds is 8. The van der Waals surface area contributed by atoms with E-state index in [1.54, 1.807) is 18.2 Å². The van der Waals surface area contributed by atoms with E-state index in [2.05, 4.69) is 5.32 Å². The lowest BCUT2D eigenvalue weighted by atomic mass is 9.75. The Morgan fingerprint density at radius 3 is 2.18 bits per heavy atom. The molecule has 2 aromatic rings. The summed E-state index contributed by atoms with van der Waals surface area (Å²) < 4.78 is 0. The Kier molecular flexibility index (Phi) is 7.13. The highest BCUT2D eigenvalue weighted by atomic mass is 16.4. The monoisotopic (exact) mass is 387 g/mol. The second kappa shape index (κ2) is 9.33. The molecule has 0 saturated carbocycles. The van der Waals surface area contributed by atoms with Crippen molar-refractivity contribution in [1.82, 2.24) is 5.32 Å². The van der Waals surface area contributed by atoms with Crippen molar-refractivity contribution in [2.75, 3.05) is 0 Å². The minimum absolute atomic E-state index is 0.150. The number of amides is 1. The molecule has 0 bridgehead atoms. The molecule has 0 radical (unpaired) electrons. The molecule has 0 unspecified atom stereocenters. The zero-order valence-corrected chi connectivity index (χ0v) is 15.0. The van der Waals surface area contributed by atoms with E-state index in [4.69, 9.17) is 16.6 Å². The molecule has 1 amide bonds. The quantitative estimate of drug-likeness (QED) is 0.292. The molecular formula is C18H22BN3O6. The molecule has 0 spiro atoms. The van der Waals surface area contributed by atoms with Crippen LogP contribution in [-0.4, -0.2) is 45.2 Å². The maximum atomic E-state index is 12.6. The largest absolute Gasteiger partial charge is 0.507 e. The van der Waals surface area contributed by atoms with Gasteiger partial charge in [-0.25, -0.2) is 4.79 Å². The Bertz CT molecular complexity index is 852. The standard InChI is InChI=1S/C18H22BN3O6/c20-8-10-4-11(9-21)6-13(5-10)17(24)22-15(19(27)28)7-12-2-1-3-14(16(12)23)18(25)26/h1-6,15,23,27-28H,7-9,20-21H2,(H,22,24)(H,25,26)/t15-/m0/s1. The summed E-state index contributed by atoms with van der Waals surface area (Å²) in [6.45, 7) is 0.409. The van der Waals surface area contributed by atoms with Crippen LogP contribution in [0.4, 0.5) is 0 Å². The molecule has 0 fully saturated rings. The van der Waals surface area contributed by atoms with Crippen molar-refractivity contribution < 1.29 is 29.9 Å². The predicted molar refractivity (Wildman–Crippen MR) is 102 cm³/mol. The van der Waals surface area contributed by atoms with Crippen LogP contribution in [0, 0.1) is 0 Å². The number of benzene rings is 2. The molecule has 2 aromatic carbocycles. The van der Waals surface area contributed by atoms with Crippen molar-refractivity contribution >= 4 is 19.0 Å². The van der Waals surface area contributed by atoms with Crippen LogP contribution < -0.4 is 16.8 Å². The summed E-state index contributed by atoms with van der Waals surface area (Å²) in [5.74, 6) is -3.59. The SMILES string of the molecule is NCc1cc(CN)cc(C(=O)N[C@@H](Cc2cccc(C(=O)O)c2O)B(O)O)c1. The lowest BCUT2D eigenvalue weighted by Gasteiger charge is -2.19. The minimum Gasteiger partial charge on any atom is -0.507 e. The molecule has 1 atom stereocenters. The van der Waals surface area contributed by atoms with Gasteiger partial charge in [-0.05, 0) is 41.3 Å². The van der Waals surface area contributed by atoms with Crippen LogP contribution in [0.1, 0.15) is 37.4 Å². The average Bonchev–Trinajstić information content (AvgIpc) is 2.67. The zero-order valence-electron chi connectivity index (χ0n) is 15.0. The Labute approximate surface area is 161 Å². The van der Waals surface area contributed by atoms with Gasteiger partial charge in [0, 0.05) is 18.7 Å². The average molecular weight is 387 g/mol. The number of hydrogen-bond donors (Lipinski definition) is 7. The number of nitrogens with one attached hydrogen (secondary N) is 1. The van der Waals surface area contributed by atoms with Crippen LogP contribution in [0.25, 0.3) is 0 Å². The fourth-order valence-electron chi connectivity index (χ4n) is 2.78. The first-order valence-electron chi connectivity index (χ1n) is 8.51. The van der Waals surface area contributed by atoms with Crippen molar-refractivity contribution in [2.24, 2.45) is 11.5 Å². The molecule has 0 saturated heterocycles. The molecule has 9 nitrogen and oxygen atoms in total. The first-order chi connectivity index (χ1) is 13.3. The number of aromatic carboxylic acids is 1. The zero-order chi connectivity index (χ0) is 20.8. The van der Waals surface area contributed by atoms with Crippen molar-refractivity contribution in [3.05, 3.63) is 64.2 Å². The number of carboxylic acids is 1. The minimum atomic E-state index is -1.94. The summed E-state index contributed by atoms with van der Waals surface area (Å²) in [5, 5.41) is 40.9. The van der Waals surface area contributed by atoms with E-state index in [-0.39, 0.29) is 36.2 Å². The van der Waals surface area contributed by atoms with Gasteiger partial charge in [0.25, 0.3) is 5.91 Å². The molecular weight excluding hydrogens is 365 g/mol. The van der Waals surface area contributed by atoms with Crippen LogP contribution in [-0.2, 0) is 19.5 Å². The molecule has 0 aliphatic carbocycles. The van der Waals surface area contributed by atoms with Gasteiger partial charge in [-0.15, -0.1) is 0 Å². The van der Waals surface area contributed by atoms with Crippen LogP contribution in [0.5, 0.6) is 5.75 Å². The third-order valence-electron chi connectivity index (χ3n) is 4.25. The third-order valence-corrected chi connectivity index (χ3v) is 4.25. The Balaban J connectivity index is 2.25. The lowest BCUT2D eigenvalue weighted by Crippen LogP contribution is -2.48. The van der Waals surface area contributed by atoms with Gasteiger partial charge in [0.15, 0.2) is 0 Å². The molecule has 0 heterocycles.